The van der Waals surface area contributed by atoms with E-state index in [-0.39, 0.29) is 43.1 Å². The molecule has 0 bridgehead atoms. The molecule has 2 aromatic carbocycles. The van der Waals surface area contributed by atoms with Crippen LogP contribution in [0.3, 0.4) is 0 Å². The van der Waals surface area contributed by atoms with Crippen LogP contribution < -0.4 is 24.6 Å². The van der Waals surface area contributed by atoms with Gasteiger partial charge in [-0.1, -0.05) is 60.7 Å². The number of nitrogens with zero attached hydrogens (tertiary/aromatic N) is 5. The van der Waals surface area contributed by atoms with Gasteiger partial charge < -0.3 is 21.8 Å². The summed E-state index contributed by atoms with van der Waals surface area (Å²) in [5, 5.41) is 6.45. The van der Waals surface area contributed by atoms with Gasteiger partial charge in [0.25, 0.3) is 5.54 Å². The fourth-order valence-electron chi connectivity index (χ4n) is 5.40. The molecule has 0 unspecified atom stereocenters. The summed E-state index contributed by atoms with van der Waals surface area (Å²) in [5.74, 6) is 0. The third-order valence-corrected chi connectivity index (χ3v) is 10.5. The van der Waals surface area contributed by atoms with E-state index in [1.807, 2.05) is 24.3 Å². The molecule has 0 radical (unpaired) electrons. The summed E-state index contributed by atoms with van der Waals surface area (Å²) in [6, 6.07) is 20.6. The Morgan fingerprint density at radius 3 is 1.67 bits per heavy atom. The largest absolute Gasteiger partial charge is 1.00 e. The third-order valence-electron chi connectivity index (χ3n) is 8.36. The molecule has 2 aliphatic heterocycles. The Labute approximate surface area is 283 Å². The van der Waals surface area contributed by atoms with Gasteiger partial charge in [0.1, 0.15) is 5.01 Å². The Balaban J connectivity index is 0.000000281. The molecule has 4 heterocycles. The SMILES string of the molecule is CN1CCC(CN)(c2nc(-c3ccccc3)cs2)CC1.[AlH3].[C-]#[N+]C1(c2nc(-c3ccccc3)cs2)CCN(C)CC1.[H-].[Li+]. The van der Waals surface area contributed by atoms with Crippen molar-refractivity contribution in [1.82, 2.24) is 19.8 Å². The standard InChI is InChI=1S/C16H17N3S.C16H21N3S.Al.Li.4H/c1-17-16(8-10-19(2)11-9-16)15-18-14(12-20-15)13-6-4-3-5-7-13;1-19-9-7-16(12-17,8-10-19)15-18-14(11-20-15)13-5-3-2-4-6-13;;;;;;/h3-7,12H,8-11H2,2H3;2-6,11H,7-10,12,17H2,1H3;;;;;;/q;;;+1;;;;-1. The number of aromatic nitrogens is 2. The predicted molar refractivity (Wildman–Crippen MR) is 179 cm³/mol. The molecule has 2 N–H and O–H groups in total. The van der Waals surface area contributed by atoms with Crippen LogP contribution in [0.5, 0.6) is 0 Å². The Hall–Kier alpha value is -1.80. The van der Waals surface area contributed by atoms with Crippen molar-refractivity contribution in [3.8, 4) is 22.5 Å². The molecule has 0 aliphatic carbocycles. The maximum absolute atomic E-state index is 7.64. The number of likely N-dealkylation sites (tertiary alicyclic amines) is 2. The molecule has 0 saturated carbocycles. The second kappa shape index (κ2) is 15.8. The van der Waals surface area contributed by atoms with Crippen LogP contribution in [0.1, 0.15) is 37.1 Å². The fraction of sp³-hybridized carbons (Fsp3) is 0.406. The van der Waals surface area contributed by atoms with Crippen molar-refractivity contribution in [2.45, 2.75) is 36.6 Å². The van der Waals surface area contributed by atoms with Crippen molar-refractivity contribution in [1.29, 1.82) is 0 Å². The van der Waals surface area contributed by atoms with E-state index in [0.29, 0.717) is 6.54 Å². The second-order valence-corrected chi connectivity index (χ2v) is 12.8. The Kier molecular flexibility index (Phi) is 13.0. The fourth-order valence-corrected chi connectivity index (χ4v) is 7.53. The first-order valence-corrected chi connectivity index (χ1v) is 15.7. The van der Waals surface area contributed by atoms with E-state index in [1.54, 1.807) is 22.7 Å². The zero-order valence-electron chi connectivity index (χ0n) is 25.4. The first-order valence-electron chi connectivity index (χ1n) is 14.0. The monoisotopic (exact) mass is 608 g/mol. The molecule has 0 spiro atoms. The molecule has 2 aromatic heterocycles. The third kappa shape index (κ3) is 7.82. The maximum Gasteiger partial charge on any atom is 1.00 e. The van der Waals surface area contributed by atoms with Gasteiger partial charge in [0.2, 0.25) is 0 Å². The molecule has 0 amide bonds. The van der Waals surface area contributed by atoms with Crippen LogP contribution in [-0.4, -0.2) is 83.9 Å². The molecule has 2 saturated heterocycles. The number of hydrogen-bond donors (Lipinski definition) is 1. The molecule has 0 atom stereocenters. The summed E-state index contributed by atoms with van der Waals surface area (Å²) in [6.07, 6.45) is 3.99. The van der Waals surface area contributed by atoms with Crippen LogP contribution in [0.2, 0.25) is 0 Å². The molecule has 6 nitrogen and oxygen atoms in total. The number of rotatable bonds is 5. The first-order chi connectivity index (χ1) is 19.5. The molecular weight excluding hydrogens is 566 g/mol. The van der Waals surface area contributed by atoms with Gasteiger partial charge in [0.05, 0.1) is 11.4 Å². The van der Waals surface area contributed by atoms with E-state index >= 15 is 0 Å². The predicted octanol–water partition coefficient (Wildman–Crippen LogP) is 2.32. The molecule has 216 valence electrons. The van der Waals surface area contributed by atoms with E-state index in [0.717, 1.165) is 73.8 Å². The summed E-state index contributed by atoms with van der Waals surface area (Å²) >= 11 is 3.40. The van der Waals surface area contributed by atoms with Crippen LogP contribution in [0, 0.1) is 6.57 Å². The van der Waals surface area contributed by atoms with E-state index in [1.165, 1.54) is 10.6 Å². The normalized spacial score (nSPS) is 18.0. The van der Waals surface area contributed by atoms with Crippen LogP contribution in [0.25, 0.3) is 27.4 Å². The topological polar surface area (TPSA) is 62.6 Å². The van der Waals surface area contributed by atoms with Gasteiger partial charge in [-0.05, 0) is 40.0 Å². The molecule has 2 fully saturated rings. The van der Waals surface area contributed by atoms with Gasteiger partial charge >= 0.3 is 18.9 Å². The molecular formula is C32H42AlLiN6S2. The van der Waals surface area contributed by atoms with Crippen LogP contribution >= 0.6 is 22.7 Å². The van der Waals surface area contributed by atoms with Gasteiger partial charge in [-0.25, -0.2) is 16.5 Å². The van der Waals surface area contributed by atoms with Gasteiger partial charge in [0, 0.05) is 59.8 Å². The van der Waals surface area contributed by atoms with Crippen molar-refractivity contribution in [3.05, 3.63) is 92.9 Å². The Morgan fingerprint density at radius 2 is 1.21 bits per heavy atom. The maximum atomic E-state index is 7.64. The summed E-state index contributed by atoms with van der Waals surface area (Å²) in [5.41, 5.74) is 10.2. The smallest absolute Gasteiger partial charge is 1.00 e. The Morgan fingerprint density at radius 1 is 0.786 bits per heavy atom. The van der Waals surface area contributed by atoms with E-state index in [9.17, 15) is 0 Å². The van der Waals surface area contributed by atoms with Gasteiger partial charge in [0.15, 0.2) is 22.4 Å². The minimum Gasteiger partial charge on any atom is -1.00 e. The van der Waals surface area contributed by atoms with Crippen molar-refractivity contribution >= 4 is 40.0 Å². The van der Waals surface area contributed by atoms with Gasteiger partial charge in [-0.2, -0.15) is 0 Å². The molecule has 6 rings (SSSR count). The van der Waals surface area contributed by atoms with Crippen LogP contribution in [0.15, 0.2) is 71.4 Å². The summed E-state index contributed by atoms with van der Waals surface area (Å²) in [6.45, 7) is 12.5. The molecule has 2 aliphatic rings. The molecule has 4 aromatic rings. The zero-order chi connectivity index (χ0) is 28.0. The number of hydrogen-bond acceptors (Lipinski definition) is 7. The summed E-state index contributed by atoms with van der Waals surface area (Å²) in [7, 11) is 4.29. The van der Waals surface area contributed by atoms with E-state index in [2.05, 4.69) is 75.9 Å². The quantitative estimate of drug-likeness (QED) is 0.279. The van der Waals surface area contributed by atoms with E-state index < -0.39 is 5.54 Å². The number of piperidine rings is 2. The second-order valence-electron chi connectivity index (χ2n) is 11.0. The average molecular weight is 609 g/mol. The Bertz CT molecular complexity index is 1410. The minimum atomic E-state index is -0.399. The first kappa shape index (κ1) is 34.7. The molecule has 10 heteroatoms. The van der Waals surface area contributed by atoms with Crippen molar-refractivity contribution in [3.63, 3.8) is 0 Å². The van der Waals surface area contributed by atoms with Crippen LogP contribution in [0.4, 0.5) is 0 Å². The van der Waals surface area contributed by atoms with Crippen molar-refractivity contribution < 1.29 is 20.3 Å². The zero-order valence-corrected chi connectivity index (χ0v) is 26.1. The van der Waals surface area contributed by atoms with E-state index in [4.69, 9.17) is 22.3 Å². The van der Waals surface area contributed by atoms with Crippen molar-refractivity contribution in [2.24, 2.45) is 5.73 Å². The van der Waals surface area contributed by atoms with Crippen LogP contribution in [-0.2, 0) is 11.0 Å². The molecule has 42 heavy (non-hydrogen) atoms. The van der Waals surface area contributed by atoms with Gasteiger partial charge in [-0.15, -0.1) is 22.7 Å². The average Bonchev–Trinajstić information content (AvgIpc) is 3.72. The number of thiazole rings is 2. The van der Waals surface area contributed by atoms with Crippen molar-refractivity contribution in [2.75, 3.05) is 46.8 Å². The minimum absolute atomic E-state index is 0. The summed E-state index contributed by atoms with van der Waals surface area (Å²) in [4.78, 5) is 18.3. The number of benzene rings is 2. The van der Waals surface area contributed by atoms with Gasteiger partial charge in [-0.3, -0.25) is 0 Å². The summed E-state index contributed by atoms with van der Waals surface area (Å²) < 4.78 is 0. The number of nitrogens with two attached hydrogens (primary N) is 1.